The summed E-state index contributed by atoms with van der Waals surface area (Å²) in [4.78, 5) is 34.7. The third kappa shape index (κ3) is 14.1. The van der Waals surface area contributed by atoms with Crippen LogP contribution < -0.4 is 16.0 Å². The Morgan fingerprint density at radius 3 is 1.81 bits per heavy atom. The number of aliphatic carboxylic acids is 2. The van der Waals surface area contributed by atoms with Crippen LogP contribution in [0.1, 0.15) is 73.6 Å². The number of rotatable bonds is 12. The smallest absolute Gasteiger partial charge is 0.326 e. The number of hydrogen-bond donors (Lipinski definition) is 5. The van der Waals surface area contributed by atoms with Crippen LogP contribution in [-0.2, 0) is 14.4 Å². The number of carbonyl (C=O) groups excluding carboxylic acids is 1. The van der Waals surface area contributed by atoms with Crippen LogP contribution >= 0.6 is 0 Å². The van der Waals surface area contributed by atoms with Crippen molar-refractivity contribution in [1.29, 1.82) is 0 Å². The molecule has 0 aliphatic carbocycles. The molecule has 158 valence electrons. The monoisotopic (exact) mass is 387 g/mol. The number of hydrogen-bond acceptors (Lipinski definition) is 5. The van der Waals surface area contributed by atoms with E-state index in [9.17, 15) is 24.6 Å². The van der Waals surface area contributed by atoms with Crippen molar-refractivity contribution in [1.82, 2.24) is 16.0 Å². The average Bonchev–Trinajstić information content (AvgIpc) is 2.47. The van der Waals surface area contributed by atoms with Crippen molar-refractivity contribution in [2.75, 3.05) is 6.54 Å². The highest BCUT2D eigenvalue weighted by Gasteiger charge is 2.25. The Morgan fingerprint density at radius 2 is 1.37 bits per heavy atom. The van der Waals surface area contributed by atoms with Gasteiger partial charge in [-0.05, 0) is 73.8 Å². The molecular weight excluding hydrogens is 350 g/mol. The van der Waals surface area contributed by atoms with Gasteiger partial charge in [0.25, 0.3) is 0 Å². The summed E-state index contributed by atoms with van der Waals surface area (Å²) < 4.78 is 0. The van der Waals surface area contributed by atoms with Crippen LogP contribution in [-0.4, -0.2) is 57.8 Å². The number of carbonyl (C=O) groups is 3. The zero-order valence-corrected chi connectivity index (χ0v) is 17.5. The first-order chi connectivity index (χ1) is 12.2. The summed E-state index contributed by atoms with van der Waals surface area (Å²) in [7, 11) is 0. The largest absolute Gasteiger partial charge is 0.480 e. The summed E-state index contributed by atoms with van der Waals surface area (Å²) in [6, 6.07) is -1.81. The summed E-state index contributed by atoms with van der Waals surface area (Å²) in [5, 5.41) is 27.3. The average molecular weight is 388 g/mol. The number of nitrogens with one attached hydrogen (secondary N) is 3. The van der Waals surface area contributed by atoms with E-state index in [1.165, 1.54) is 0 Å². The van der Waals surface area contributed by atoms with Gasteiger partial charge in [0.05, 0.1) is 0 Å². The topological polar surface area (TPSA) is 128 Å². The van der Waals surface area contributed by atoms with Crippen LogP contribution in [0.4, 0.5) is 0 Å². The van der Waals surface area contributed by atoms with Crippen molar-refractivity contribution in [3.63, 3.8) is 0 Å². The van der Waals surface area contributed by atoms with E-state index in [4.69, 9.17) is 0 Å². The summed E-state index contributed by atoms with van der Waals surface area (Å²) in [6.45, 7) is 12.5. The third-order valence-electron chi connectivity index (χ3n) is 3.77. The Hall–Kier alpha value is -1.67. The fourth-order valence-corrected chi connectivity index (χ4v) is 2.52. The molecule has 8 nitrogen and oxygen atoms in total. The van der Waals surface area contributed by atoms with Gasteiger partial charge in [-0.3, -0.25) is 14.9 Å². The zero-order chi connectivity index (χ0) is 21.3. The van der Waals surface area contributed by atoms with Crippen LogP contribution in [0.25, 0.3) is 0 Å². The molecule has 0 aromatic heterocycles. The second-order valence-corrected chi connectivity index (χ2v) is 8.95. The van der Waals surface area contributed by atoms with E-state index in [1.807, 2.05) is 20.8 Å². The lowest BCUT2D eigenvalue weighted by Gasteiger charge is -2.26. The number of carboxylic acid groups (broad SMARTS) is 2. The highest BCUT2D eigenvalue weighted by Crippen LogP contribution is 2.08. The van der Waals surface area contributed by atoms with E-state index in [0.717, 1.165) is 13.0 Å². The Labute approximate surface area is 162 Å². The highest BCUT2D eigenvalue weighted by molar-refractivity contribution is 5.84. The summed E-state index contributed by atoms with van der Waals surface area (Å²) in [5.41, 5.74) is -0.383. The summed E-state index contributed by atoms with van der Waals surface area (Å²) in [6.07, 6.45) is 1.88. The predicted molar refractivity (Wildman–Crippen MR) is 105 cm³/mol. The van der Waals surface area contributed by atoms with Gasteiger partial charge in [-0.2, -0.15) is 0 Å². The molecule has 0 spiro atoms. The molecule has 0 heterocycles. The summed E-state index contributed by atoms with van der Waals surface area (Å²) in [5.74, 6) is -2.55. The van der Waals surface area contributed by atoms with Gasteiger partial charge in [0.1, 0.15) is 12.1 Å². The molecule has 0 bridgehead atoms. The Bertz CT molecular complexity index is 495. The van der Waals surface area contributed by atoms with Gasteiger partial charge >= 0.3 is 11.9 Å². The minimum Gasteiger partial charge on any atom is -0.480 e. The molecule has 0 rings (SSSR count). The lowest BCUT2D eigenvalue weighted by atomic mass is 10.0. The maximum atomic E-state index is 12.1. The maximum Gasteiger partial charge on any atom is 0.326 e. The minimum atomic E-state index is -1.07. The van der Waals surface area contributed by atoms with Gasteiger partial charge in [0.15, 0.2) is 0 Å². The van der Waals surface area contributed by atoms with Crippen molar-refractivity contribution >= 4 is 17.8 Å². The van der Waals surface area contributed by atoms with Crippen LogP contribution in [0.5, 0.6) is 0 Å². The molecule has 27 heavy (non-hydrogen) atoms. The van der Waals surface area contributed by atoms with E-state index in [1.54, 1.807) is 0 Å². The van der Waals surface area contributed by atoms with Crippen molar-refractivity contribution in [2.45, 2.75) is 96.8 Å². The first-order valence-electron chi connectivity index (χ1n) is 9.49. The standard InChI is InChI=1S/C19H37N3O5/c1-18(2,3)20-12-8-7-9-13(16(24)25)21-15(23)11-10-14(17(26)27)22-19(4,5)6/h13-14,20,22H,7-12H2,1-6H3,(H,21,23)(H,24,25)(H,26,27)/t13-,14-/m1/s1. The van der Waals surface area contributed by atoms with E-state index in [2.05, 4.69) is 36.7 Å². The fraction of sp³-hybridized carbons (Fsp3) is 0.842. The SMILES string of the molecule is CC(C)(C)NCCCC[C@@H](NC(=O)CC[C@@H](NC(C)(C)C)C(=O)O)C(=O)O. The molecule has 0 aliphatic heterocycles. The van der Waals surface area contributed by atoms with Crippen molar-refractivity contribution < 1.29 is 24.6 Å². The Morgan fingerprint density at radius 1 is 0.815 bits per heavy atom. The first-order valence-corrected chi connectivity index (χ1v) is 9.49. The maximum absolute atomic E-state index is 12.1. The Balaban J connectivity index is 4.38. The van der Waals surface area contributed by atoms with Crippen LogP contribution in [0.15, 0.2) is 0 Å². The number of amides is 1. The van der Waals surface area contributed by atoms with Gasteiger partial charge < -0.3 is 20.8 Å². The van der Waals surface area contributed by atoms with Crippen LogP contribution in [0.2, 0.25) is 0 Å². The molecule has 8 heteroatoms. The lowest BCUT2D eigenvalue weighted by Crippen LogP contribution is -2.48. The van der Waals surface area contributed by atoms with Gasteiger partial charge in [-0.1, -0.05) is 0 Å². The third-order valence-corrected chi connectivity index (χ3v) is 3.77. The van der Waals surface area contributed by atoms with Gasteiger partial charge in [-0.15, -0.1) is 0 Å². The molecule has 0 aromatic carbocycles. The van der Waals surface area contributed by atoms with Crippen LogP contribution in [0.3, 0.4) is 0 Å². The van der Waals surface area contributed by atoms with Gasteiger partial charge in [0, 0.05) is 17.5 Å². The molecule has 5 N–H and O–H groups in total. The van der Waals surface area contributed by atoms with Crippen LogP contribution in [0, 0.1) is 0 Å². The molecular formula is C19H37N3O5. The van der Waals surface area contributed by atoms with Gasteiger partial charge in [-0.25, -0.2) is 4.79 Å². The van der Waals surface area contributed by atoms with Crippen molar-refractivity contribution in [3.8, 4) is 0 Å². The minimum absolute atomic E-state index is 0.0161. The summed E-state index contributed by atoms with van der Waals surface area (Å²) >= 11 is 0. The lowest BCUT2D eigenvalue weighted by molar-refractivity contribution is -0.143. The fourth-order valence-electron chi connectivity index (χ4n) is 2.52. The molecule has 0 radical (unpaired) electrons. The molecule has 0 aliphatic rings. The Kier molecular flexibility index (Phi) is 10.5. The molecule has 0 saturated heterocycles. The van der Waals surface area contributed by atoms with E-state index in [0.29, 0.717) is 12.8 Å². The molecule has 0 fully saturated rings. The normalized spacial score (nSPS) is 14.4. The molecule has 2 atom stereocenters. The molecule has 0 saturated carbocycles. The highest BCUT2D eigenvalue weighted by atomic mass is 16.4. The number of unbranched alkanes of at least 4 members (excludes halogenated alkanes) is 1. The van der Waals surface area contributed by atoms with Crippen molar-refractivity contribution in [3.05, 3.63) is 0 Å². The quantitative estimate of drug-likeness (QED) is 0.323. The predicted octanol–water partition coefficient (Wildman–Crippen LogP) is 1.74. The zero-order valence-electron chi connectivity index (χ0n) is 17.5. The molecule has 0 unspecified atom stereocenters. The number of carboxylic acids is 2. The first kappa shape index (κ1) is 25.3. The molecule has 0 aromatic rings. The second-order valence-electron chi connectivity index (χ2n) is 8.95. The van der Waals surface area contributed by atoms with E-state index >= 15 is 0 Å². The second kappa shape index (κ2) is 11.2. The van der Waals surface area contributed by atoms with E-state index in [-0.39, 0.29) is 18.4 Å². The van der Waals surface area contributed by atoms with Crippen molar-refractivity contribution in [2.24, 2.45) is 0 Å². The van der Waals surface area contributed by atoms with Gasteiger partial charge in [0.2, 0.25) is 5.91 Å². The molecule has 1 amide bonds. The van der Waals surface area contributed by atoms with E-state index < -0.39 is 35.5 Å².